The van der Waals surface area contributed by atoms with Crippen molar-refractivity contribution in [2.45, 2.75) is 18.7 Å². The first kappa shape index (κ1) is 19.0. The van der Waals surface area contributed by atoms with Crippen LogP contribution >= 0.6 is 0 Å². The fraction of sp³-hybridized carbons (Fsp3) is 0.278. The molecular weight excluding hydrogens is 340 g/mol. The number of hydrogen-bond donors (Lipinski definition) is 1. The number of ether oxygens (including phenoxy) is 1. The number of anilines is 1. The Labute approximate surface area is 148 Å². The van der Waals surface area contributed by atoms with Crippen LogP contribution in [0.25, 0.3) is 0 Å². The number of amides is 1. The highest BCUT2D eigenvalue weighted by atomic mass is 32.2. The second-order valence-corrected chi connectivity index (χ2v) is 7.79. The molecule has 7 heteroatoms. The maximum Gasteiger partial charge on any atom is 0.243 e. The standard InChI is InChI=1S/C18H22N2O4S/c1-13-9-10-14(2)17(11-13)25(22,23)20(3)12-18(21)19-15-7-5-6-8-16(15)24-4/h5-11H,12H2,1-4H3,(H,19,21). The molecular formula is C18H22N2O4S. The van der Waals surface area contributed by atoms with Crippen molar-refractivity contribution in [3.8, 4) is 5.75 Å². The first-order valence-electron chi connectivity index (χ1n) is 7.72. The number of aryl methyl sites for hydroxylation is 2. The number of hydrogen-bond acceptors (Lipinski definition) is 4. The molecule has 0 fully saturated rings. The molecule has 0 saturated heterocycles. The molecule has 0 radical (unpaired) electrons. The van der Waals surface area contributed by atoms with Gasteiger partial charge in [-0.25, -0.2) is 8.42 Å². The summed E-state index contributed by atoms with van der Waals surface area (Å²) in [6.45, 7) is 3.26. The molecule has 1 amide bonds. The van der Waals surface area contributed by atoms with Crippen LogP contribution in [0.5, 0.6) is 5.75 Å². The zero-order chi connectivity index (χ0) is 18.6. The van der Waals surface area contributed by atoms with E-state index in [1.165, 1.54) is 14.2 Å². The largest absolute Gasteiger partial charge is 0.495 e. The first-order chi connectivity index (χ1) is 11.8. The molecule has 25 heavy (non-hydrogen) atoms. The summed E-state index contributed by atoms with van der Waals surface area (Å²) < 4.78 is 31.7. The van der Waals surface area contributed by atoms with Crippen molar-refractivity contribution in [1.29, 1.82) is 0 Å². The summed E-state index contributed by atoms with van der Waals surface area (Å²) in [7, 11) is -0.864. The van der Waals surface area contributed by atoms with Crippen LogP contribution in [0.15, 0.2) is 47.4 Å². The van der Waals surface area contributed by atoms with Crippen molar-refractivity contribution in [3.05, 3.63) is 53.6 Å². The third-order valence-electron chi connectivity index (χ3n) is 3.78. The number of para-hydroxylation sites is 2. The van der Waals surface area contributed by atoms with Gasteiger partial charge >= 0.3 is 0 Å². The fourth-order valence-corrected chi connectivity index (χ4v) is 3.81. The molecule has 0 aliphatic carbocycles. The lowest BCUT2D eigenvalue weighted by molar-refractivity contribution is -0.116. The SMILES string of the molecule is COc1ccccc1NC(=O)CN(C)S(=O)(=O)c1cc(C)ccc1C. The van der Waals surface area contributed by atoms with Crippen molar-refractivity contribution in [3.63, 3.8) is 0 Å². The molecule has 6 nitrogen and oxygen atoms in total. The maximum absolute atomic E-state index is 12.7. The lowest BCUT2D eigenvalue weighted by Crippen LogP contribution is -2.35. The Bertz CT molecular complexity index is 878. The second kappa shape index (κ2) is 7.67. The van der Waals surface area contributed by atoms with E-state index >= 15 is 0 Å². The summed E-state index contributed by atoms with van der Waals surface area (Å²) in [6, 6.07) is 12.2. The monoisotopic (exact) mass is 362 g/mol. The number of methoxy groups -OCH3 is 1. The number of carbonyl (C=O) groups excluding carboxylic acids is 1. The van der Waals surface area contributed by atoms with Gasteiger partial charge in [0.05, 0.1) is 24.2 Å². The second-order valence-electron chi connectivity index (χ2n) is 5.78. The molecule has 134 valence electrons. The number of carbonyl (C=O) groups is 1. The minimum atomic E-state index is -3.75. The zero-order valence-corrected chi connectivity index (χ0v) is 15.6. The van der Waals surface area contributed by atoms with Crippen molar-refractivity contribution in [2.24, 2.45) is 0 Å². The van der Waals surface area contributed by atoms with E-state index in [1.54, 1.807) is 43.3 Å². The van der Waals surface area contributed by atoms with Crippen LogP contribution < -0.4 is 10.1 Å². The summed E-state index contributed by atoms with van der Waals surface area (Å²) >= 11 is 0. The Kier molecular flexibility index (Phi) is 5.81. The Balaban J connectivity index is 2.16. The van der Waals surface area contributed by atoms with Crippen LogP contribution in [-0.4, -0.2) is 39.3 Å². The quantitative estimate of drug-likeness (QED) is 0.857. The Morgan fingerprint density at radius 3 is 2.52 bits per heavy atom. The van der Waals surface area contributed by atoms with Crippen LogP contribution in [0.2, 0.25) is 0 Å². The number of likely N-dealkylation sites (N-methyl/N-ethyl adjacent to an activating group) is 1. The van der Waals surface area contributed by atoms with Crippen LogP contribution in [0, 0.1) is 13.8 Å². The lowest BCUT2D eigenvalue weighted by Gasteiger charge is -2.19. The van der Waals surface area contributed by atoms with E-state index in [9.17, 15) is 13.2 Å². The van der Waals surface area contributed by atoms with Crippen molar-refractivity contribution < 1.29 is 17.9 Å². The number of benzene rings is 2. The molecule has 0 aliphatic heterocycles. The summed E-state index contributed by atoms with van der Waals surface area (Å²) in [5, 5.41) is 2.67. The van der Waals surface area contributed by atoms with E-state index in [4.69, 9.17) is 4.74 Å². The Morgan fingerprint density at radius 1 is 1.16 bits per heavy atom. The van der Waals surface area contributed by atoms with Gasteiger partial charge < -0.3 is 10.1 Å². The van der Waals surface area contributed by atoms with Crippen molar-refractivity contribution >= 4 is 21.6 Å². The first-order valence-corrected chi connectivity index (χ1v) is 9.16. The zero-order valence-electron chi connectivity index (χ0n) is 14.7. The molecule has 0 aliphatic rings. The van der Waals surface area contributed by atoms with Gasteiger partial charge in [0.1, 0.15) is 5.75 Å². The van der Waals surface area contributed by atoms with Gasteiger partial charge in [0, 0.05) is 7.05 Å². The molecule has 2 aromatic rings. The number of sulfonamides is 1. The highest BCUT2D eigenvalue weighted by Gasteiger charge is 2.25. The van der Waals surface area contributed by atoms with Gasteiger partial charge in [0.2, 0.25) is 15.9 Å². The fourth-order valence-electron chi connectivity index (χ4n) is 2.38. The van der Waals surface area contributed by atoms with Crippen molar-refractivity contribution in [1.82, 2.24) is 4.31 Å². The van der Waals surface area contributed by atoms with Gasteiger partial charge in [-0.05, 0) is 43.2 Å². The maximum atomic E-state index is 12.7. The van der Waals surface area contributed by atoms with Crippen LogP contribution in [0.3, 0.4) is 0 Å². The molecule has 2 aromatic carbocycles. The number of rotatable bonds is 6. The molecule has 0 unspecified atom stereocenters. The van der Waals surface area contributed by atoms with E-state index in [-0.39, 0.29) is 11.4 Å². The van der Waals surface area contributed by atoms with E-state index in [0.717, 1.165) is 9.87 Å². The van der Waals surface area contributed by atoms with E-state index in [1.807, 2.05) is 13.0 Å². The predicted octanol–water partition coefficient (Wildman–Crippen LogP) is 2.57. The summed E-state index contributed by atoms with van der Waals surface area (Å²) in [6.07, 6.45) is 0. The minimum absolute atomic E-state index is 0.208. The van der Waals surface area contributed by atoms with Gasteiger partial charge in [-0.2, -0.15) is 4.31 Å². The summed E-state index contributed by atoms with van der Waals surface area (Å²) in [5.74, 6) is 0.0665. The molecule has 0 bridgehead atoms. The van der Waals surface area contributed by atoms with E-state index in [0.29, 0.717) is 17.0 Å². The normalized spacial score (nSPS) is 11.4. The Morgan fingerprint density at radius 2 is 1.84 bits per heavy atom. The highest BCUT2D eigenvalue weighted by molar-refractivity contribution is 7.89. The van der Waals surface area contributed by atoms with E-state index in [2.05, 4.69) is 5.32 Å². The van der Waals surface area contributed by atoms with Gasteiger partial charge in [0.25, 0.3) is 0 Å². The minimum Gasteiger partial charge on any atom is -0.495 e. The van der Waals surface area contributed by atoms with Gasteiger partial charge in [0.15, 0.2) is 0 Å². The number of nitrogens with one attached hydrogen (secondary N) is 1. The summed E-state index contributed by atoms with van der Waals surface area (Å²) in [5.41, 5.74) is 1.98. The molecule has 2 rings (SSSR count). The third-order valence-corrected chi connectivity index (χ3v) is 5.72. The molecule has 1 N–H and O–H groups in total. The van der Waals surface area contributed by atoms with Gasteiger partial charge in [-0.15, -0.1) is 0 Å². The topological polar surface area (TPSA) is 75.7 Å². The van der Waals surface area contributed by atoms with Crippen LogP contribution in [0.1, 0.15) is 11.1 Å². The summed E-state index contributed by atoms with van der Waals surface area (Å²) in [4.78, 5) is 12.5. The molecule has 0 saturated carbocycles. The van der Waals surface area contributed by atoms with Crippen molar-refractivity contribution in [2.75, 3.05) is 26.0 Å². The van der Waals surface area contributed by atoms with Crippen LogP contribution in [-0.2, 0) is 14.8 Å². The average Bonchev–Trinajstić information content (AvgIpc) is 2.57. The smallest absolute Gasteiger partial charge is 0.243 e. The average molecular weight is 362 g/mol. The van der Waals surface area contributed by atoms with Gasteiger partial charge in [-0.3, -0.25) is 4.79 Å². The molecule has 0 atom stereocenters. The molecule has 0 aromatic heterocycles. The predicted molar refractivity (Wildman–Crippen MR) is 97.4 cm³/mol. The lowest BCUT2D eigenvalue weighted by atomic mass is 10.2. The number of nitrogens with zero attached hydrogens (tertiary/aromatic N) is 1. The van der Waals surface area contributed by atoms with Crippen LogP contribution in [0.4, 0.5) is 5.69 Å². The molecule has 0 spiro atoms. The van der Waals surface area contributed by atoms with E-state index < -0.39 is 15.9 Å². The Hall–Kier alpha value is -2.38. The third kappa shape index (κ3) is 4.37. The van der Waals surface area contributed by atoms with Gasteiger partial charge in [-0.1, -0.05) is 24.3 Å². The molecule has 0 heterocycles. The highest BCUT2D eigenvalue weighted by Crippen LogP contribution is 2.23.